The van der Waals surface area contributed by atoms with Crippen molar-refractivity contribution in [2.24, 2.45) is 0 Å². The van der Waals surface area contributed by atoms with E-state index < -0.39 is 0 Å². The third kappa shape index (κ3) is 5.85. The van der Waals surface area contributed by atoms with Crippen LogP contribution in [0, 0.1) is 53.2 Å². The average Bonchev–Trinajstić information content (AvgIpc) is 3.82. The van der Waals surface area contributed by atoms with Gasteiger partial charge in [-0.2, -0.15) is 0 Å². The molecule has 0 atom stereocenters. The Balaban J connectivity index is 1.15. The first-order valence-electron chi connectivity index (χ1n) is 21.0. The van der Waals surface area contributed by atoms with E-state index in [1.165, 1.54) is 57.6 Å². The molecule has 0 radical (unpaired) electrons. The van der Waals surface area contributed by atoms with Gasteiger partial charge in [0.2, 0.25) is 0 Å². The Morgan fingerprint density at radius 2 is 0.677 bits per heavy atom. The minimum absolute atomic E-state index is 0.287. The van der Waals surface area contributed by atoms with E-state index in [1.807, 2.05) is 24.3 Å². The SMILES string of the molecule is Cc1cc(N(c2ccc(F)cc2)c2cc3oc4cc5c(cc4c3c3ccccc23)oc2cc(N(c3ccc(F)cc3)c3cc(C)c(C)c(C)c3)c3ccccc3c25)cc(C)c1C. The summed E-state index contributed by atoms with van der Waals surface area (Å²) in [5, 5.41) is 8.03. The quantitative estimate of drug-likeness (QED) is 0.167. The molecule has 62 heavy (non-hydrogen) atoms. The molecule has 302 valence electrons. The molecule has 11 aromatic rings. The van der Waals surface area contributed by atoms with Crippen LogP contribution in [-0.4, -0.2) is 0 Å². The van der Waals surface area contributed by atoms with E-state index in [-0.39, 0.29) is 11.6 Å². The van der Waals surface area contributed by atoms with Crippen LogP contribution in [0.2, 0.25) is 0 Å². The molecule has 0 amide bonds. The molecular formula is C56H42F2N2O2. The van der Waals surface area contributed by atoms with Crippen LogP contribution in [0.25, 0.3) is 65.4 Å². The van der Waals surface area contributed by atoms with Crippen molar-refractivity contribution in [3.05, 3.63) is 191 Å². The van der Waals surface area contributed by atoms with Crippen LogP contribution in [0.1, 0.15) is 33.4 Å². The number of anilines is 6. The highest BCUT2D eigenvalue weighted by Crippen LogP contribution is 2.49. The van der Waals surface area contributed by atoms with Crippen LogP contribution in [0.15, 0.2) is 154 Å². The van der Waals surface area contributed by atoms with Gasteiger partial charge >= 0.3 is 0 Å². The van der Waals surface area contributed by atoms with Crippen molar-refractivity contribution in [1.82, 2.24) is 0 Å². The zero-order chi connectivity index (χ0) is 42.6. The average molecular weight is 813 g/mol. The highest BCUT2D eigenvalue weighted by molar-refractivity contribution is 6.28. The van der Waals surface area contributed by atoms with Gasteiger partial charge in [-0.25, -0.2) is 8.78 Å². The largest absolute Gasteiger partial charge is 0.456 e. The maximum Gasteiger partial charge on any atom is 0.138 e. The number of nitrogens with zero attached hydrogens (tertiary/aromatic N) is 2. The fourth-order valence-corrected chi connectivity index (χ4v) is 9.42. The minimum atomic E-state index is -0.287. The Kier molecular flexibility index (Phi) is 8.52. The fourth-order valence-electron chi connectivity index (χ4n) is 9.42. The van der Waals surface area contributed by atoms with Gasteiger partial charge in [0.15, 0.2) is 0 Å². The lowest BCUT2D eigenvalue weighted by atomic mass is 9.98. The highest BCUT2D eigenvalue weighted by Gasteiger charge is 2.25. The predicted molar refractivity (Wildman–Crippen MR) is 254 cm³/mol. The molecule has 0 bridgehead atoms. The van der Waals surface area contributed by atoms with Crippen molar-refractivity contribution in [1.29, 1.82) is 0 Å². The van der Waals surface area contributed by atoms with Gasteiger partial charge in [0.25, 0.3) is 0 Å². The molecule has 4 nitrogen and oxygen atoms in total. The molecule has 0 unspecified atom stereocenters. The van der Waals surface area contributed by atoms with Gasteiger partial charge in [-0.05, 0) is 171 Å². The lowest BCUT2D eigenvalue weighted by molar-refractivity contribution is 0.627. The molecule has 0 aliphatic carbocycles. The van der Waals surface area contributed by atoms with Gasteiger partial charge in [0, 0.05) is 67.2 Å². The number of hydrogen-bond acceptors (Lipinski definition) is 4. The molecule has 0 N–H and O–H groups in total. The van der Waals surface area contributed by atoms with Crippen molar-refractivity contribution < 1.29 is 17.6 Å². The van der Waals surface area contributed by atoms with E-state index in [2.05, 4.69) is 148 Å². The molecule has 0 spiro atoms. The molecule has 0 aliphatic heterocycles. The van der Waals surface area contributed by atoms with E-state index >= 15 is 0 Å². The van der Waals surface area contributed by atoms with Crippen LogP contribution < -0.4 is 9.80 Å². The van der Waals surface area contributed by atoms with Crippen molar-refractivity contribution in [2.45, 2.75) is 41.5 Å². The molecule has 11 rings (SSSR count). The van der Waals surface area contributed by atoms with Crippen LogP contribution in [0.3, 0.4) is 0 Å². The van der Waals surface area contributed by atoms with Crippen molar-refractivity contribution in [3.8, 4) is 0 Å². The zero-order valence-electron chi connectivity index (χ0n) is 35.3. The maximum atomic E-state index is 14.4. The zero-order valence-corrected chi connectivity index (χ0v) is 35.3. The van der Waals surface area contributed by atoms with Gasteiger partial charge in [-0.15, -0.1) is 0 Å². The Hall–Kier alpha value is -7.44. The molecule has 0 fully saturated rings. The van der Waals surface area contributed by atoms with E-state index in [1.54, 1.807) is 0 Å². The smallest absolute Gasteiger partial charge is 0.138 e. The number of fused-ring (bicyclic) bond motifs is 10. The molecule has 6 heteroatoms. The number of hydrogen-bond donors (Lipinski definition) is 0. The number of halogens is 2. The van der Waals surface area contributed by atoms with E-state index in [4.69, 9.17) is 8.83 Å². The highest BCUT2D eigenvalue weighted by atomic mass is 19.1. The third-order valence-electron chi connectivity index (χ3n) is 13.0. The molecule has 0 saturated carbocycles. The van der Waals surface area contributed by atoms with E-state index in [0.29, 0.717) is 0 Å². The lowest BCUT2D eigenvalue weighted by Gasteiger charge is -2.28. The standard InChI is InChI=1S/C56H42F2N2O2/c1-31-23-41(24-32(2)35(31)5)59(39-19-15-37(57)16-20-39)49-29-53-55(45-13-9-7-11-43(45)49)47-27-52-48(28-51(47)61-53)56-46-14-10-8-12-44(46)50(30-54(56)62-52)60(40-21-17-38(58)18-22-40)42-25-33(3)36(6)34(4)26-42/h7-30H,1-6H3. The summed E-state index contributed by atoms with van der Waals surface area (Å²) in [6.07, 6.45) is 0. The van der Waals surface area contributed by atoms with Gasteiger partial charge < -0.3 is 18.6 Å². The summed E-state index contributed by atoms with van der Waals surface area (Å²) in [5.74, 6) is -0.574. The van der Waals surface area contributed by atoms with Gasteiger partial charge in [0.05, 0.1) is 11.4 Å². The monoisotopic (exact) mass is 812 g/mol. The number of rotatable bonds is 6. The second kappa shape index (κ2) is 14.1. The van der Waals surface area contributed by atoms with E-state index in [9.17, 15) is 8.78 Å². The summed E-state index contributed by atoms with van der Waals surface area (Å²) in [4.78, 5) is 4.40. The van der Waals surface area contributed by atoms with Crippen molar-refractivity contribution >= 4 is 99.5 Å². The summed E-state index contributed by atoms with van der Waals surface area (Å²) < 4.78 is 42.6. The number of furan rings is 2. The van der Waals surface area contributed by atoms with Gasteiger partial charge in [-0.3, -0.25) is 0 Å². The summed E-state index contributed by atoms with van der Waals surface area (Å²) in [7, 11) is 0. The fraction of sp³-hybridized carbons (Fsp3) is 0.107. The van der Waals surface area contributed by atoms with Crippen molar-refractivity contribution in [2.75, 3.05) is 9.80 Å². The van der Waals surface area contributed by atoms with Crippen molar-refractivity contribution in [3.63, 3.8) is 0 Å². The Labute approximate surface area is 357 Å². The summed E-state index contributed by atoms with van der Waals surface area (Å²) >= 11 is 0. The molecule has 0 aliphatic rings. The van der Waals surface area contributed by atoms with Crippen LogP contribution in [0.5, 0.6) is 0 Å². The van der Waals surface area contributed by atoms with E-state index in [0.717, 1.165) is 99.5 Å². The first-order chi connectivity index (χ1) is 30.0. The molecule has 0 saturated heterocycles. The van der Waals surface area contributed by atoms with Gasteiger partial charge in [0.1, 0.15) is 34.0 Å². The van der Waals surface area contributed by atoms with Crippen LogP contribution in [0.4, 0.5) is 42.9 Å². The molecule has 2 aromatic heterocycles. The second-order valence-electron chi connectivity index (χ2n) is 16.7. The normalized spacial score (nSPS) is 11.9. The van der Waals surface area contributed by atoms with Crippen LogP contribution >= 0.6 is 0 Å². The third-order valence-corrected chi connectivity index (χ3v) is 13.0. The molecular weight excluding hydrogens is 771 g/mol. The lowest BCUT2D eigenvalue weighted by Crippen LogP contribution is -2.11. The number of aryl methyl sites for hydroxylation is 4. The second-order valence-corrected chi connectivity index (χ2v) is 16.7. The number of benzene rings is 9. The summed E-state index contributed by atoms with van der Waals surface area (Å²) in [6, 6.07) is 47.4. The molecule has 9 aromatic carbocycles. The minimum Gasteiger partial charge on any atom is -0.456 e. The summed E-state index contributed by atoms with van der Waals surface area (Å²) in [5.41, 5.74) is 15.7. The first-order valence-corrected chi connectivity index (χ1v) is 21.0. The Morgan fingerprint density at radius 1 is 0.339 bits per heavy atom. The Bertz CT molecular complexity index is 3330. The topological polar surface area (TPSA) is 32.8 Å². The first kappa shape index (κ1) is 37.6. The Morgan fingerprint density at radius 3 is 1.03 bits per heavy atom. The van der Waals surface area contributed by atoms with Gasteiger partial charge in [-0.1, -0.05) is 48.5 Å². The summed E-state index contributed by atoms with van der Waals surface area (Å²) in [6.45, 7) is 12.8. The van der Waals surface area contributed by atoms with Crippen LogP contribution in [-0.2, 0) is 0 Å². The maximum absolute atomic E-state index is 14.4. The predicted octanol–water partition coefficient (Wildman–Crippen LogP) is 16.9. The molecule has 2 heterocycles.